The molecule has 0 saturated carbocycles. The SMILES string of the molecule is CCCCCCCCCOc1cccc(F)c1C(N)=S. The number of benzene rings is 1. The fourth-order valence-corrected chi connectivity index (χ4v) is 2.30. The van der Waals surface area contributed by atoms with Crippen LogP contribution in [0.1, 0.15) is 57.4 Å². The Kier molecular flexibility index (Phi) is 8.19. The summed E-state index contributed by atoms with van der Waals surface area (Å²) in [4.78, 5) is 0.0395. The number of ether oxygens (including phenoxy) is 1. The molecule has 0 saturated heterocycles. The predicted molar refractivity (Wildman–Crippen MR) is 85.8 cm³/mol. The lowest BCUT2D eigenvalue weighted by atomic mass is 10.1. The van der Waals surface area contributed by atoms with Crippen LogP contribution in [0.15, 0.2) is 18.2 Å². The summed E-state index contributed by atoms with van der Waals surface area (Å²) in [6.45, 7) is 2.79. The van der Waals surface area contributed by atoms with Crippen LogP contribution in [0, 0.1) is 5.82 Å². The first-order valence-corrected chi connectivity index (χ1v) is 7.78. The van der Waals surface area contributed by atoms with Crippen molar-refractivity contribution in [2.75, 3.05) is 6.61 Å². The molecule has 2 N–H and O–H groups in total. The highest BCUT2D eigenvalue weighted by atomic mass is 32.1. The summed E-state index contributed by atoms with van der Waals surface area (Å²) in [6.07, 6.45) is 8.52. The number of hydrogen-bond acceptors (Lipinski definition) is 2. The lowest BCUT2D eigenvalue weighted by Crippen LogP contribution is -2.14. The first-order valence-electron chi connectivity index (χ1n) is 7.38. The van der Waals surface area contributed by atoms with Gasteiger partial charge in [-0.15, -0.1) is 0 Å². The number of rotatable bonds is 10. The fourth-order valence-electron chi connectivity index (χ4n) is 2.11. The zero-order valence-corrected chi connectivity index (χ0v) is 13.0. The van der Waals surface area contributed by atoms with Crippen molar-refractivity contribution in [2.24, 2.45) is 5.73 Å². The highest BCUT2D eigenvalue weighted by Gasteiger charge is 2.11. The summed E-state index contributed by atoms with van der Waals surface area (Å²) in [7, 11) is 0. The zero-order chi connectivity index (χ0) is 14.8. The van der Waals surface area contributed by atoms with Gasteiger partial charge in [-0.05, 0) is 18.6 Å². The third-order valence-corrected chi connectivity index (χ3v) is 3.43. The minimum absolute atomic E-state index is 0.0395. The summed E-state index contributed by atoms with van der Waals surface area (Å²) < 4.78 is 19.2. The van der Waals surface area contributed by atoms with Gasteiger partial charge < -0.3 is 10.5 Å². The summed E-state index contributed by atoms with van der Waals surface area (Å²) in [6, 6.07) is 4.66. The fraction of sp³-hybridized carbons (Fsp3) is 0.562. The van der Waals surface area contributed by atoms with Gasteiger partial charge in [0.05, 0.1) is 12.2 Å². The normalized spacial score (nSPS) is 10.5. The smallest absolute Gasteiger partial charge is 0.137 e. The van der Waals surface area contributed by atoms with Gasteiger partial charge in [0, 0.05) is 0 Å². The van der Waals surface area contributed by atoms with Crippen LogP contribution in [0.4, 0.5) is 4.39 Å². The minimum Gasteiger partial charge on any atom is -0.493 e. The Balaban J connectivity index is 2.29. The number of nitrogens with two attached hydrogens (primary N) is 1. The molecule has 0 atom stereocenters. The van der Waals surface area contributed by atoms with Crippen LogP contribution in [0.2, 0.25) is 0 Å². The highest BCUT2D eigenvalue weighted by Crippen LogP contribution is 2.21. The molecule has 0 radical (unpaired) electrons. The van der Waals surface area contributed by atoms with Crippen molar-refractivity contribution in [3.8, 4) is 5.75 Å². The third kappa shape index (κ3) is 5.87. The maximum absolute atomic E-state index is 13.6. The Bertz CT molecular complexity index is 423. The van der Waals surface area contributed by atoms with E-state index in [4.69, 9.17) is 22.7 Å². The van der Waals surface area contributed by atoms with E-state index < -0.39 is 5.82 Å². The van der Waals surface area contributed by atoms with E-state index in [1.54, 1.807) is 12.1 Å². The second-order valence-corrected chi connectivity index (χ2v) is 5.39. The number of hydrogen-bond donors (Lipinski definition) is 1. The number of unbranched alkanes of at least 4 members (excludes halogenated alkanes) is 6. The molecule has 4 heteroatoms. The van der Waals surface area contributed by atoms with E-state index >= 15 is 0 Å². The van der Waals surface area contributed by atoms with E-state index in [9.17, 15) is 4.39 Å². The van der Waals surface area contributed by atoms with Crippen LogP contribution in [0.5, 0.6) is 5.75 Å². The molecule has 0 unspecified atom stereocenters. The van der Waals surface area contributed by atoms with E-state index in [0.717, 1.165) is 12.8 Å². The van der Waals surface area contributed by atoms with E-state index in [0.29, 0.717) is 12.4 Å². The van der Waals surface area contributed by atoms with Gasteiger partial charge in [0.25, 0.3) is 0 Å². The molecule has 1 aromatic rings. The van der Waals surface area contributed by atoms with Crippen LogP contribution in [-0.2, 0) is 0 Å². The van der Waals surface area contributed by atoms with E-state index in [2.05, 4.69) is 6.92 Å². The molecule has 0 aliphatic heterocycles. The molecule has 0 spiro atoms. The summed E-state index contributed by atoms with van der Waals surface area (Å²) in [5.74, 6) is 0.0260. The standard InChI is InChI=1S/C16H24FNOS/c1-2-3-4-5-6-7-8-12-19-14-11-9-10-13(17)15(14)16(18)20/h9-11H,2-8,12H2,1H3,(H2,18,20). The molecule has 112 valence electrons. The van der Waals surface area contributed by atoms with E-state index in [1.807, 2.05) is 0 Å². The molecule has 2 nitrogen and oxygen atoms in total. The molecule has 20 heavy (non-hydrogen) atoms. The van der Waals surface area contributed by atoms with E-state index in [-0.39, 0.29) is 10.6 Å². The van der Waals surface area contributed by atoms with Crippen molar-refractivity contribution in [2.45, 2.75) is 51.9 Å². The van der Waals surface area contributed by atoms with E-state index in [1.165, 1.54) is 38.2 Å². The Morgan fingerprint density at radius 2 is 1.80 bits per heavy atom. The van der Waals surface area contributed by atoms with Gasteiger partial charge in [-0.25, -0.2) is 4.39 Å². The Hall–Kier alpha value is -1.16. The summed E-state index contributed by atoms with van der Waals surface area (Å²) >= 11 is 4.86. The molecule has 1 rings (SSSR count). The topological polar surface area (TPSA) is 35.2 Å². The van der Waals surface area contributed by atoms with Gasteiger partial charge in [-0.1, -0.05) is 63.7 Å². The largest absolute Gasteiger partial charge is 0.493 e. The highest BCUT2D eigenvalue weighted by molar-refractivity contribution is 7.80. The first-order chi connectivity index (χ1) is 9.66. The number of halogens is 1. The van der Waals surface area contributed by atoms with Gasteiger partial charge in [0.15, 0.2) is 0 Å². The second kappa shape index (κ2) is 9.70. The van der Waals surface area contributed by atoms with Crippen molar-refractivity contribution in [3.63, 3.8) is 0 Å². The van der Waals surface area contributed by atoms with Gasteiger partial charge in [-0.2, -0.15) is 0 Å². The second-order valence-electron chi connectivity index (χ2n) is 4.95. The lowest BCUT2D eigenvalue weighted by Gasteiger charge is -2.11. The van der Waals surface area contributed by atoms with Crippen LogP contribution < -0.4 is 10.5 Å². The Morgan fingerprint density at radius 1 is 1.15 bits per heavy atom. The molecule has 0 aliphatic rings. The summed E-state index contributed by atoms with van der Waals surface area (Å²) in [5, 5.41) is 0. The molecule has 0 heterocycles. The van der Waals surface area contributed by atoms with Crippen LogP contribution in [-0.4, -0.2) is 11.6 Å². The van der Waals surface area contributed by atoms with Crippen molar-refractivity contribution in [3.05, 3.63) is 29.6 Å². The molecule has 1 aromatic carbocycles. The monoisotopic (exact) mass is 297 g/mol. The average molecular weight is 297 g/mol. The number of thiocarbonyl (C=S) groups is 1. The van der Waals surface area contributed by atoms with Crippen molar-refractivity contribution in [1.29, 1.82) is 0 Å². The minimum atomic E-state index is -0.422. The van der Waals surface area contributed by atoms with Gasteiger partial charge in [0.1, 0.15) is 16.6 Å². The van der Waals surface area contributed by atoms with Gasteiger partial charge in [-0.3, -0.25) is 0 Å². The molecular weight excluding hydrogens is 273 g/mol. The van der Waals surface area contributed by atoms with Crippen LogP contribution in [0.25, 0.3) is 0 Å². The molecule has 0 aliphatic carbocycles. The maximum atomic E-state index is 13.6. The maximum Gasteiger partial charge on any atom is 0.137 e. The van der Waals surface area contributed by atoms with Gasteiger partial charge in [0.2, 0.25) is 0 Å². The molecule has 0 fully saturated rings. The van der Waals surface area contributed by atoms with Crippen molar-refractivity contribution < 1.29 is 9.13 Å². The molecule has 0 aromatic heterocycles. The van der Waals surface area contributed by atoms with Crippen molar-refractivity contribution in [1.82, 2.24) is 0 Å². The summed E-state index contributed by atoms with van der Waals surface area (Å²) in [5.41, 5.74) is 5.74. The quantitative estimate of drug-likeness (QED) is 0.507. The van der Waals surface area contributed by atoms with Crippen molar-refractivity contribution >= 4 is 17.2 Å². The average Bonchev–Trinajstić information content (AvgIpc) is 2.41. The lowest BCUT2D eigenvalue weighted by molar-refractivity contribution is 0.302. The third-order valence-electron chi connectivity index (χ3n) is 3.23. The van der Waals surface area contributed by atoms with Crippen LogP contribution in [0.3, 0.4) is 0 Å². The van der Waals surface area contributed by atoms with Crippen LogP contribution >= 0.6 is 12.2 Å². The molecular formula is C16H24FNOS. The predicted octanol–water partition coefficient (Wildman–Crippen LogP) is 4.59. The zero-order valence-electron chi connectivity index (χ0n) is 12.2. The van der Waals surface area contributed by atoms with Gasteiger partial charge >= 0.3 is 0 Å². The molecule has 0 bridgehead atoms. The molecule has 0 amide bonds. The Morgan fingerprint density at radius 3 is 2.45 bits per heavy atom. The first kappa shape index (κ1) is 16.9. The Labute approximate surface area is 126 Å².